The molecular weight excluding hydrogens is 260 g/mol. The van der Waals surface area contributed by atoms with Gasteiger partial charge in [0, 0.05) is 6.54 Å². The van der Waals surface area contributed by atoms with Crippen molar-refractivity contribution in [2.24, 2.45) is 5.92 Å². The van der Waals surface area contributed by atoms with Crippen molar-refractivity contribution < 1.29 is 8.42 Å². The lowest BCUT2D eigenvalue weighted by molar-refractivity contribution is 0.529. The van der Waals surface area contributed by atoms with Gasteiger partial charge in [0.25, 0.3) is 0 Å². The Morgan fingerprint density at radius 3 is 2.26 bits per heavy atom. The van der Waals surface area contributed by atoms with Crippen molar-refractivity contribution in [3.8, 4) is 0 Å². The predicted octanol–water partition coefficient (Wildman–Crippen LogP) is 2.51. The summed E-state index contributed by atoms with van der Waals surface area (Å²) >= 11 is 0. The summed E-state index contributed by atoms with van der Waals surface area (Å²) in [6, 6.07) is 0. The molecule has 0 saturated carbocycles. The van der Waals surface area contributed by atoms with Gasteiger partial charge in [-0.1, -0.05) is 33.6 Å². The molecule has 0 unspecified atom stereocenters. The first-order valence-electron chi connectivity index (χ1n) is 7.66. The average molecular weight is 292 g/mol. The largest absolute Gasteiger partial charge is 0.317 e. The fourth-order valence-electron chi connectivity index (χ4n) is 1.82. The molecule has 4 nitrogen and oxygen atoms in total. The summed E-state index contributed by atoms with van der Waals surface area (Å²) in [5.41, 5.74) is 0. The maximum atomic E-state index is 11.7. The first-order valence-corrected chi connectivity index (χ1v) is 9.31. The maximum absolute atomic E-state index is 11.7. The van der Waals surface area contributed by atoms with Gasteiger partial charge in [-0.15, -0.1) is 0 Å². The van der Waals surface area contributed by atoms with E-state index in [2.05, 4.69) is 30.8 Å². The maximum Gasteiger partial charge on any atom is 0.211 e. The van der Waals surface area contributed by atoms with E-state index in [0.717, 1.165) is 45.2 Å². The Morgan fingerprint density at radius 2 is 1.63 bits per heavy atom. The molecule has 0 rings (SSSR count). The summed E-state index contributed by atoms with van der Waals surface area (Å²) in [6.07, 6.45) is 5.99. The highest BCUT2D eigenvalue weighted by atomic mass is 32.2. The first-order chi connectivity index (χ1) is 8.98. The first kappa shape index (κ1) is 18.9. The minimum Gasteiger partial charge on any atom is -0.317 e. The van der Waals surface area contributed by atoms with Crippen molar-refractivity contribution in [2.75, 3.05) is 25.4 Å². The second-order valence-electron chi connectivity index (χ2n) is 5.56. The molecule has 0 aliphatic rings. The zero-order chi connectivity index (χ0) is 14.6. The summed E-state index contributed by atoms with van der Waals surface area (Å²) in [7, 11) is -3.05. The van der Waals surface area contributed by atoms with E-state index < -0.39 is 10.0 Å². The number of rotatable bonds is 13. The molecule has 0 radical (unpaired) electrons. The van der Waals surface area contributed by atoms with Crippen LogP contribution in [-0.4, -0.2) is 33.8 Å². The van der Waals surface area contributed by atoms with Gasteiger partial charge in [-0.25, -0.2) is 13.1 Å². The molecule has 0 atom stereocenters. The SMILES string of the molecule is CCCNCCCCS(=O)(=O)NCCCCC(C)C. The van der Waals surface area contributed by atoms with E-state index in [4.69, 9.17) is 0 Å². The Morgan fingerprint density at radius 1 is 0.947 bits per heavy atom. The third-order valence-electron chi connectivity index (χ3n) is 2.97. The van der Waals surface area contributed by atoms with Crippen molar-refractivity contribution in [2.45, 2.75) is 59.3 Å². The normalized spacial score (nSPS) is 12.2. The van der Waals surface area contributed by atoms with E-state index >= 15 is 0 Å². The van der Waals surface area contributed by atoms with Crippen molar-refractivity contribution in [1.29, 1.82) is 0 Å². The molecule has 0 fully saturated rings. The van der Waals surface area contributed by atoms with Crippen molar-refractivity contribution in [3.05, 3.63) is 0 Å². The Balaban J connectivity index is 3.47. The molecule has 0 saturated heterocycles. The van der Waals surface area contributed by atoms with Crippen molar-refractivity contribution in [3.63, 3.8) is 0 Å². The van der Waals surface area contributed by atoms with E-state index in [1.54, 1.807) is 0 Å². The molecule has 0 aromatic carbocycles. The summed E-state index contributed by atoms with van der Waals surface area (Å²) in [5.74, 6) is 0.956. The monoisotopic (exact) mass is 292 g/mol. The molecule has 0 spiro atoms. The molecule has 2 N–H and O–H groups in total. The molecule has 0 aliphatic heterocycles. The van der Waals surface area contributed by atoms with Gasteiger partial charge in [-0.3, -0.25) is 0 Å². The fourth-order valence-corrected chi connectivity index (χ4v) is 3.01. The molecule has 19 heavy (non-hydrogen) atoms. The lowest BCUT2D eigenvalue weighted by Gasteiger charge is -2.08. The van der Waals surface area contributed by atoms with Crippen LogP contribution in [0.2, 0.25) is 0 Å². The van der Waals surface area contributed by atoms with Crippen LogP contribution in [0.3, 0.4) is 0 Å². The lowest BCUT2D eigenvalue weighted by Crippen LogP contribution is -2.28. The number of hydrogen-bond donors (Lipinski definition) is 2. The van der Waals surface area contributed by atoms with Crippen LogP contribution in [0.5, 0.6) is 0 Å². The number of unbranched alkanes of at least 4 members (excludes halogenated alkanes) is 2. The summed E-state index contributed by atoms with van der Waals surface area (Å²) < 4.78 is 26.1. The minimum atomic E-state index is -3.05. The smallest absolute Gasteiger partial charge is 0.211 e. The van der Waals surface area contributed by atoms with E-state index in [0.29, 0.717) is 12.5 Å². The van der Waals surface area contributed by atoms with Crippen LogP contribution in [-0.2, 0) is 10.0 Å². The van der Waals surface area contributed by atoms with Gasteiger partial charge in [-0.05, 0) is 44.7 Å². The third-order valence-corrected chi connectivity index (χ3v) is 4.44. The molecule has 0 heterocycles. The Hall–Kier alpha value is -0.130. The molecule has 0 aliphatic carbocycles. The quantitative estimate of drug-likeness (QED) is 0.513. The highest BCUT2D eigenvalue weighted by molar-refractivity contribution is 7.89. The van der Waals surface area contributed by atoms with E-state index in [1.807, 2.05) is 0 Å². The predicted molar refractivity (Wildman–Crippen MR) is 82.9 cm³/mol. The summed E-state index contributed by atoms with van der Waals surface area (Å²) in [6.45, 7) is 9.02. The average Bonchev–Trinajstić information content (AvgIpc) is 2.32. The van der Waals surface area contributed by atoms with Crippen LogP contribution >= 0.6 is 0 Å². The molecular formula is C14H32N2O2S. The molecule has 0 amide bonds. The van der Waals surface area contributed by atoms with Crippen LogP contribution in [0.1, 0.15) is 59.3 Å². The van der Waals surface area contributed by atoms with Crippen LogP contribution in [0.25, 0.3) is 0 Å². The number of hydrogen-bond acceptors (Lipinski definition) is 3. The highest BCUT2D eigenvalue weighted by Crippen LogP contribution is 2.05. The van der Waals surface area contributed by atoms with Crippen LogP contribution < -0.4 is 10.0 Å². The molecule has 5 heteroatoms. The second-order valence-corrected chi connectivity index (χ2v) is 7.49. The van der Waals surface area contributed by atoms with E-state index in [-0.39, 0.29) is 5.75 Å². The van der Waals surface area contributed by atoms with Crippen molar-refractivity contribution >= 4 is 10.0 Å². The standard InChI is InChI=1S/C14H32N2O2S/c1-4-10-15-11-7-8-13-19(17,18)16-12-6-5-9-14(2)3/h14-16H,4-13H2,1-3H3. The van der Waals surface area contributed by atoms with Crippen LogP contribution in [0, 0.1) is 5.92 Å². The van der Waals surface area contributed by atoms with Crippen LogP contribution in [0.4, 0.5) is 0 Å². The zero-order valence-electron chi connectivity index (χ0n) is 12.9. The van der Waals surface area contributed by atoms with Crippen LogP contribution in [0.15, 0.2) is 0 Å². The highest BCUT2D eigenvalue weighted by Gasteiger charge is 2.08. The number of sulfonamides is 1. The molecule has 0 bridgehead atoms. The van der Waals surface area contributed by atoms with Gasteiger partial charge in [-0.2, -0.15) is 0 Å². The van der Waals surface area contributed by atoms with E-state index in [1.165, 1.54) is 6.42 Å². The van der Waals surface area contributed by atoms with Gasteiger partial charge in [0.2, 0.25) is 10.0 Å². The molecule has 116 valence electrons. The third kappa shape index (κ3) is 14.1. The minimum absolute atomic E-state index is 0.255. The van der Waals surface area contributed by atoms with Gasteiger partial charge in [0.05, 0.1) is 5.75 Å². The molecule has 0 aromatic rings. The zero-order valence-corrected chi connectivity index (χ0v) is 13.7. The topological polar surface area (TPSA) is 58.2 Å². The fraction of sp³-hybridized carbons (Fsp3) is 1.00. The van der Waals surface area contributed by atoms with Gasteiger partial charge in [0.1, 0.15) is 0 Å². The van der Waals surface area contributed by atoms with Gasteiger partial charge >= 0.3 is 0 Å². The second kappa shape index (κ2) is 11.7. The molecule has 0 aromatic heterocycles. The Kier molecular flexibility index (Phi) is 11.6. The summed E-state index contributed by atoms with van der Waals surface area (Å²) in [5, 5.41) is 3.28. The Labute approximate surface area is 119 Å². The van der Waals surface area contributed by atoms with Gasteiger partial charge < -0.3 is 5.32 Å². The van der Waals surface area contributed by atoms with Gasteiger partial charge in [0.15, 0.2) is 0 Å². The summed E-state index contributed by atoms with van der Waals surface area (Å²) in [4.78, 5) is 0. The Bertz CT molecular complexity index is 290. The van der Waals surface area contributed by atoms with E-state index in [9.17, 15) is 8.42 Å². The number of nitrogens with one attached hydrogen (secondary N) is 2. The lowest BCUT2D eigenvalue weighted by atomic mass is 10.1. The van der Waals surface area contributed by atoms with Crippen molar-refractivity contribution in [1.82, 2.24) is 10.0 Å².